The van der Waals surface area contributed by atoms with Gasteiger partial charge in [0.15, 0.2) is 0 Å². The van der Waals surface area contributed by atoms with Crippen LogP contribution in [0.25, 0.3) is 0 Å². The minimum atomic E-state index is 0.194. The molecule has 0 bridgehead atoms. The second-order valence-electron chi connectivity index (χ2n) is 26.5. The van der Waals surface area contributed by atoms with Gasteiger partial charge in [0.05, 0.1) is 0 Å². The van der Waals surface area contributed by atoms with Crippen LogP contribution in [0.15, 0.2) is 0 Å². The van der Waals surface area contributed by atoms with Gasteiger partial charge in [-0.1, -0.05) is 387 Å². The first-order valence-electron chi connectivity index (χ1n) is 37.5. The van der Waals surface area contributed by atoms with Crippen molar-refractivity contribution in [3.8, 4) is 0 Å². The molecule has 470 valence electrons. The number of unbranched alkanes of at least 4 members (excludes halogenated alkanes) is 52. The van der Waals surface area contributed by atoms with Gasteiger partial charge in [-0.05, 0) is 83.1 Å². The monoisotopic (exact) mass is 1100 g/mol. The Morgan fingerprint density at radius 3 is 0.641 bits per heavy atom. The zero-order valence-electron chi connectivity index (χ0n) is 55.2. The van der Waals surface area contributed by atoms with E-state index in [0.717, 1.165) is 45.6 Å². The van der Waals surface area contributed by atoms with Crippen molar-refractivity contribution in [1.82, 2.24) is 10.6 Å². The Morgan fingerprint density at radius 1 is 0.205 bits per heavy atom. The van der Waals surface area contributed by atoms with Gasteiger partial charge in [0.2, 0.25) is 0 Å². The summed E-state index contributed by atoms with van der Waals surface area (Å²) in [6.07, 6.45) is 89.7. The lowest BCUT2D eigenvalue weighted by molar-refractivity contribution is 0.0236. The molecule has 0 unspecified atom stereocenters. The van der Waals surface area contributed by atoms with Gasteiger partial charge in [0.25, 0.3) is 0 Å². The molecule has 0 saturated carbocycles. The maximum Gasteiger partial charge on any atom is 0.0238 e. The number of rotatable bonds is 71. The van der Waals surface area contributed by atoms with E-state index in [1.807, 2.05) is 0 Å². The Labute approximate surface area is 495 Å². The molecule has 0 aromatic carbocycles. The van der Waals surface area contributed by atoms with E-state index in [0.29, 0.717) is 5.41 Å². The molecular formula is C74H154N4. The maximum atomic E-state index is 6.38. The Bertz CT molecular complexity index is 997. The lowest BCUT2D eigenvalue weighted by Crippen LogP contribution is -2.59. The Balaban J connectivity index is 6.20. The highest BCUT2D eigenvalue weighted by Crippen LogP contribution is 2.50. The summed E-state index contributed by atoms with van der Waals surface area (Å²) in [5.41, 5.74) is 13.0. The SMILES string of the molecule is CCCCCCCCCCCCCCCCC(CCCCCCCCCCCCCCCC)(CCNCCCN)C(CCCCCCCCCCCCCCCC)(CCCCCCCCCCCCCCCC)NCCCN. The average Bonchev–Trinajstić information content (AvgIpc) is 3.51. The van der Waals surface area contributed by atoms with E-state index in [2.05, 4.69) is 38.3 Å². The van der Waals surface area contributed by atoms with Crippen LogP contribution in [0.3, 0.4) is 0 Å². The molecule has 0 aliphatic carbocycles. The number of hydrogen-bond acceptors (Lipinski definition) is 4. The van der Waals surface area contributed by atoms with Crippen LogP contribution in [0.2, 0.25) is 0 Å². The molecule has 78 heavy (non-hydrogen) atoms. The molecule has 4 nitrogen and oxygen atoms in total. The quantitative estimate of drug-likeness (QED) is 0.0458. The number of hydrogen-bond donors (Lipinski definition) is 4. The van der Waals surface area contributed by atoms with Crippen molar-refractivity contribution < 1.29 is 0 Å². The summed E-state index contributed by atoms with van der Waals surface area (Å²) in [4.78, 5) is 0. The van der Waals surface area contributed by atoms with Crippen molar-refractivity contribution in [2.24, 2.45) is 16.9 Å². The van der Waals surface area contributed by atoms with Crippen LogP contribution in [0.5, 0.6) is 0 Å². The summed E-state index contributed by atoms with van der Waals surface area (Å²) in [6, 6.07) is 0. The normalized spacial score (nSPS) is 12.2. The van der Waals surface area contributed by atoms with E-state index in [-0.39, 0.29) is 5.54 Å². The highest BCUT2D eigenvalue weighted by Gasteiger charge is 2.48. The van der Waals surface area contributed by atoms with E-state index in [1.165, 1.54) is 392 Å². The third-order valence-corrected chi connectivity index (χ3v) is 19.1. The summed E-state index contributed by atoms with van der Waals surface area (Å²) < 4.78 is 0. The van der Waals surface area contributed by atoms with Crippen LogP contribution in [-0.2, 0) is 0 Å². The fourth-order valence-corrected chi connectivity index (χ4v) is 13.8. The summed E-state index contributed by atoms with van der Waals surface area (Å²) in [7, 11) is 0. The molecule has 0 aromatic rings. The molecular weight excluding hydrogens is 945 g/mol. The third-order valence-electron chi connectivity index (χ3n) is 19.1. The standard InChI is InChI=1S/C74H154N4/c1-5-9-13-17-21-25-29-33-37-41-45-49-53-57-63-73(67-72-77-70-61-68-75,64-58-54-50-46-42-38-34-30-26-22-18-14-10-6-2)74(78-71-62-69-76,65-59-55-51-47-43-39-35-31-27-23-19-15-11-7-3)66-60-56-52-48-44-40-36-32-28-24-20-16-12-8-4/h77-78H,5-72,75-76H2,1-4H3. The number of nitrogens with two attached hydrogens (primary N) is 2. The molecule has 0 rings (SSSR count). The third kappa shape index (κ3) is 51.5. The van der Waals surface area contributed by atoms with Crippen molar-refractivity contribution in [3.63, 3.8) is 0 Å². The van der Waals surface area contributed by atoms with Gasteiger partial charge in [-0.25, -0.2) is 0 Å². The van der Waals surface area contributed by atoms with Crippen LogP contribution in [-0.4, -0.2) is 38.3 Å². The van der Waals surface area contributed by atoms with Crippen LogP contribution >= 0.6 is 0 Å². The largest absolute Gasteiger partial charge is 0.330 e. The molecule has 0 spiro atoms. The highest BCUT2D eigenvalue weighted by atomic mass is 15.0. The Hall–Kier alpha value is -0.160. The van der Waals surface area contributed by atoms with Gasteiger partial charge >= 0.3 is 0 Å². The van der Waals surface area contributed by atoms with Crippen molar-refractivity contribution in [3.05, 3.63) is 0 Å². The van der Waals surface area contributed by atoms with Crippen LogP contribution in [0, 0.1) is 5.41 Å². The van der Waals surface area contributed by atoms with Crippen molar-refractivity contribution >= 4 is 0 Å². The van der Waals surface area contributed by atoms with Crippen LogP contribution in [0.4, 0.5) is 0 Å². The zero-order chi connectivity index (χ0) is 56.5. The predicted octanol–water partition coefficient (Wildman–Crippen LogP) is 24.5. The van der Waals surface area contributed by atoms with Crippen LogP contribution in [0.1, 0.15) is 432 Å². The van der Waals surface area contributed by atoms with Gasteiger partial charge in [0, 0.05) is 5.54 Å². The molecule has 6 N–H and O–H groups in total. The maximum absolute atomic E-state index is 6.38. The molecule has 0 amide bonds. The summed E-state index contributed by atoms with van der Waals surface area (Å²) in [5, 5.41) is 8.59. The van der Waals surface area contributed by atoms with E-state index in [9.17, 15) is 0 Å². The Morgan fingerprint density at radius 2 is 0.410 bits per heavy atom. The summed E-state index contributed by atoms with van der Waals surface area (Å²) in [6.45, 7) is 14.2. The minimum Gasteiger partial charge on any atom is -0.330 e. The second-order valence-corrected chi connectivity index (χ2v) is 26.5. The van der Waals surface area contributed by atoms with Crippen LogP contribution < -0.4 is 22.1 Å². The summed E-state index contributed by atoms with van der Waals surface area (Å²) in [5.74, 6) is 0. The van der Waals surface area contributed by atoms with Gasteiger partial charge in [-0.3, -0.25) is 0 Å². The second kappa shape index (κ2) is 66.0. The van der Waals surface area contributed by atoms with Gasteiger partial charge < -0.3 is 22.1 Å². The smallest absolute Gasteiger partial charge is 0.0238 e. The molecule has 0 saturated heterocycles. The lowest BCUT2D eigenvalue weighted by atomic mass is 9.58. The first kappa shape index (κ1) is 77.8. The van der Waals surface area contributed by atoms with Crippen molar-refractivity contribution in [2.75, 3.05) is 32.7 Å². The lowest BCUT2D eigenvalue weighted by Gasteiger charge is -2.54. The molecule has 0 atom stereocenters. The molecule has 0 fully saturated rings. The van der Waals surface area contributed by atoms with Crippen molar-refractivity contribution in [1.29, 1.82) is 0 Å². The molecule has 0 heterocycles. The zero-order valence-corrected chi connectivity index (χ0v) is 55.2. The van der Waals surface area contributed by atoms with Crippen molar-refractivity contribution in [2.45, 2.75) is 438 Å². The average molecular weight is 1100 g/mol. The predicted molar refractivity (Wildman–Crippen MR) is 358 cm³/mol. The molecule has 0 aromatic heterocycles. The van der Waals surface area contributed by atoms with E-state index < -0.39 is 0 Å². The fourth-order valence-electron chi connectivity index (χ4n) is 13.8. The summed E-state index contributed by atoms with van der Waals surface area (Å²) >= 11 is 0. The molecule has 4 heteroatoms. The number of nitrogens with one attached hydrogen (secondary N) is 2. The van der Waals surface area contributed by atoms with E-state index >= 15 is 0 Å². The van der Waals surface area contributed by atoms with E-state index in [1.54, 1.807) is 0 Å². The molecule has 0 aliphatic rings. The Kier molecular flexibility index (Phi) is 65.9. The van der Waals surface area contributed by atoms with Gasteiger partial charge in [0.1, 0.15) is 0 Å². The fraction of sp³-hybridized carbons (Fsp3) is 1.00. The molecule has 0 aliphatic heterocycles. The first-order valence-corrected chi connectivity index (χ1v) is 37.5. The minimum absolute atomic E-state index is 0.194. The topological polar surface area (TPSA) is 76.1 Å². The molecule has 0 radical (unpaired) electrons. The van der Waals surface area contributed by atoms with E-state index in [4.69, 9.17) is 11.5 Å². The van der Waals surface area contributed by atoms with Gasteiger partial charge in [-0.15, -0.1) is 0 Å². The van der Waals surface area contributed by atoms with Gasteiger partial charge in [-0.2, -0.15) is 0 Å². The highest BCUT2D eigenvalue weighted by molar-refractivity contribution is 5.05. The first-order chi connectivity index (χ1) is 38.6.